The minimum atomic E-state index is -0.169. The fraction of sp³-hybridized carbons (Fsp3) is 0.421. The summed E-state index contributed by atoms with van der Waals surface area (Å²) in [6, 6.07) is 11.9. The van der Waals surface area contributed by atoms with Gasteiger partial charge in [-0.05, 0) is 55.5 Å². The molecule has 1 amide bonds. The molecule has 1 N–H and O–H groups in total. The summed E-state index contributed by atoms with van der Waals surface area (Å²) in [4.78, 5) is 18.1. The Morgan fingerprint density at radius 2 is 1.96 bits per heavy atom. The summed E-state index contributed by atoms with van der Waals surface area (Å²) in [7, 11) is 0. The Balaban J connectivity index is 1.66. The molecule has 1 fully saturated rings. The summed E-state index contributed by atoms with van der Waals surface area (Å²) in [5, 5.41) is 11.6. The summed E-state index contributed by atoms with van der Waals surface area (Å²) >= 11 is 1.68. The quantitative estimate of drug-likeness (QED) is 0.904. The molecule has 24 heavy (non-hydrogen) atoms. The first kappa shape index (κ1) is 17.0. The van der Waals surface area contributed by atoms with E-state index < -0.39 is 0 Å². The maximum absolute atomic E-state index is 12.7. The van der Waals surface area contributed by atoms with Crippen LogP contribution in [0.15, 0.2) is 41.8 Å². The van der Waals surface area contributed by atoms with Crippen molar-refractivity contribution in [1.82, 2.24) is 4.90 Å². The number of thiophene rings is 1. The van der Waals surface area contributed by atoms with E-state index in [4.69, 9.17) is 0 Å². The van der Waals surface area contributed by atoms with E-state index in [1.807, 2.05) is 47.5 Å². The van der Waals surface area contributed by atoms with Crippen LogP contribution in [-0.2, 0) is 6.54 Å². The summed E-state index contributed by atoms with van der Waals surface area (Å²) in [6.45, 7) is 5.11. The number of hydrogen-bond acceptors (Lipinski definition) is 4. The number of carbonyl (C=O) groups excluding carboxylic acids is 1. The molecular formula is C19H24N2O2S. The lowest BCUT2D eigenvalue weighted by Gasteiger charge is -2.31. The van der Waals surface area contributed by atoms with Crippen molar-refractivity contribution in [3.8, 4) is 0 Å². The number of nitrogens with zero attached hydrogens (tertiary/aromatic N) is 2. The normalized spacial score (nSPS) is 15.5. The number of carbonyl (C=O) groups is 1. The molecule has 2 heterocycles. The smallest absolute Gasteiger partial charge is 0.254 e. The topological polar surface area (TPSA) is 43.8 Å². The van der Waals surface area contributed by atoms with E-state index in [9.17, 15) is 9.90 Å². The Kier molecular flexibility index (Phi) is 5.53. The van der Waals surface area contributed by atoms with E-state index >= 15 is 0 Å². The Hall–Kier alpha value is -1.85. The fourth-order valence-electron chi connectivity index (χ4n) is 3.04. The number of aliphatic hydroxyl groups excluding tert-OH is 1. The predicted octanol–water partition coefficient (Wildman–Crippen LogP) is 3.37. The van der Waals surface area contributed by atoms with Crippen molar-refractivity contribution in [2.24, 2.45) is 0 Å². The molecule has 0 atom stereocenters. The zero-order valence-corrected chi connectivity index (χ0v) is 14.8. The Bertz CT molecular complexity index is 647. The van der Waals surface area contributed by atoms with Crippen LogP contribution in [0.4, 0.5) is 5.69 Å². The lowest BCUT2D eigenvalue weighted by molar-refractivity contribution is 0.0754. The van der Waals surface area contributed by atoms with Gasteiger partial charge in [-0.25, -0.2) is 0 Å². The SMILES string of the molecule is CCN(Cc1cccs1)C(=O)c1ccc(N2CCC(O)CC2)cc1. The third-order valence-electron chi connectivity index (χ3n) is 4.54. The third kappa shape index (κ3) is 3.97. The molecule has 2 aromatic rings. The molecule has 0 saturated carbocycles. The summed E-state index contributed by atoms with van der Waals surface area (Å²) in [6.07, 6.45) is 1.45. The van der Waals surface area contributed by atoms with Crippen molar-refractivity contribution in [3.05, 3.63) is 52.2 Å². The van der Waals surface area contributed by atoms with Crippen LogP contribution in [-0.4, -0.2) is 41.7 Å². The second-order valence-electron chi connectivity index (χ2n) is 6.16. The first-order valence-electron chi connectivity index (χ1n) is 8.52. The van der Waals surface area contributed by atoms with Crippen LogP contribution in [0, 0.1) is 0 Å². The molecule has 4 nitrogen and oxygen atoms in total. The zero-order valence-electron chi connectivity index (χ0n) is 14.0. The molecule has 1 aliphatic heterocycles. The van der Waals surface area contributed by atoms with Gasteiger partial charge in [0.1, 0.15) is 0 Å². The van der Waals surface area contributed by atoms with Crippen molar-refractivity contribution >= 4 is 22.9 Å². The minimum Gasteiger partial charge on any atom is -0.393 e. The highest BCUT2D eigenvalue weighted by Crippen LogP contribution is 2.21. The molecule has 1 saturated heterocycles. The van der Waals surface area contributed by atoms with Gasteiger partial charge in [-0.3, -0.25) is 4.79 Å². The van der Waals surface area contributed by atoms with Gasteiger partial charge in [0.25, 0.3) is 5.91 Å². The molecule has 0 radical (unpaired) electrons. The third-order valence-corrected chi connectivity index (χ3v) is 5.40. The number of amides is 1. The van der Waals surface area contributed by atoms with Crippen molar-refractivity contribution in [3.63, 3.8) is 0 Å². The minimum absolute atomic E-state index is 0.0755. The summed E-state index contributed by atoms with van der Waals surface area (Å²) in [5.74, 6) is 0.0755. The van der Waals surface area contributed by atoms with Gasteiger partial charge in [-0.1, -0.05) is 6.07 Å². The average molecular weight is 344 g/mol. The van der Waals surface area contributed by atoms with Crippen LogP contribution in [0.3, 0.4) is 0 Å². The van der Waals surface area contributed by atoms with Gasteiger partial charge in [0.05, 0.1) is 12.6 Å². The Morgan fingerprint density at radius 3 is 2.54 bits per heavy atom. The van der Waals surface area contributed by atoms with Gasteiger partial charge in [0.15, 0.2) is 0 Å². The molecule has 3 rings (SSSR count). The molecule has 5 heteroatoms. The fourth-order valence-corrected chi connectivity index (χ4v) is 3.76. The average Bonchev–Trinajstić information content (AvgIpc) is 3.13. The van der Waals surface area contributed by atoms with Gasteiger partial charge < -0.3 is 14.9 Å². The van der Waals surface area contributed by atoms with Crippen LogP contribution in [0.1, 0.15) is 35.0 Å². The highest BCUT2D eigenvalue weighted by atomic mass is 32.1. The standard InChI is InChI=1S/C19H24N2O2S/c1-2-20(14-18-4-3-13-24-18)19(23)15-5-7-16(8-6-15)21-11-9-17(22)10-12-21/h3-8,13,17,22H,2,9-12,14H2,1H3. The van der Waals surface area contributed by atoms with Crippen molar-refractivity contribution < 1.29 is 9.90 Å². The van der Waals surface area contributed by atoms with Crippen LogP contribution in [0.5, 0.6) is 0 Å². The first-order valence-corrected chi connectivity index (χ1v) is 9.40. The van der Waals surface area contributed by atoms with E-state index in [2.05, 4.69) is 11.0 Å². The highest BCUT2D eigenvalue weighted by molar-refractivity contribution is 7.09. The van der Waals surface area contributed by atoms with Gasteiger partial charge in [-0.15, -0.1) is 11.3 Å². The van der Waals surface area contributed by atoms with Gasteiger partial charge in [-0.2, -0.15) is 0 Å². The second kappa shape index (κ2) is 7.81. The maximum atomic E-state index is 12.7. The lowest BCUT2D eigenvalue weighted by atomic mass is 10.1. The summed E-state index contributed by atoms with van der Waals surface area (Å²) < 4.78 is 0. The van der Waals surface area contributed by atoms with Gasteiger partial charge in [0, 0.05) is 35.8 Å². The molecular weight excluding hydrogens is 320 g/mol. The largest absolute Gasteiger partial charge is 0.393 e. The summed E-state index contributed by atoms with van der Waals surface area (Å²) in [5.41, 5.74) is 1.86. The molecule has 0 bridgehead atoms. The number of piperidine rings is 1. The van der Waals surface area contributed by atoms with Crippen LogP contribution < -0.4 is 4.90 Å². The van der Waals surface area contributed by atoms with Gasteiger partial charge in [0.2, 0.25) is 0 Å². The van der Waals surface area contributed by atoms with E-state index in [1.54, 1.807) is 11.3 Å². The number of rotatable bonds is 5. The Morgan fingerprint density at radius 1 is 1.25 bits per heavy atom. The molecule has 0 unspecified atom stereocenters. The van der Waals surface area contributed by atoms with Crippen molar-refractivity contribution in [1.29, 1.82) is 0 Å². The molecule has 1 aromatic carbocycles. The second-order valence-corrected chi connectivity index (χ2v) is 7.20. The number of benzene rings is 1. The molecule has 1 aliphatic rings. The van der Waals surface area contributed by atoms with Crippen LogP contribution >= 0.6 is 11.3 Å². The molecule has 1 aromatic heterocycles. The van der Waals surface area contributed by atoms with Crippen molar-refractivity contribution in [2.45, 2.75) is 32.4 Å². The predicted molar refractivity (Wildman–Crippen MR) is 98.6 cm³/mol. The van der Waals surface area contributed by atoms with Gasteiger partial charge >= 0.3 is 0 Å². The van der Waals surface area contributed by atoms with Crippen LogP contribution in [0.2, 0.25) is 0 Å². The van der Waals surface area contributed by atoms with E-state index in [-0.39, 0.29) is 12.0 Å². The van der Waals surface area contributed by atoms with Crippen molar-refractivity contribution in [2.75, 3.05) is 24.5 Å². The maximum Gasteiger partial charge on any atom is 0.254 e. The molecule has 128 valence electrons. The molecule has 0 spiro atoms. The lowest BCUT2D eigenvalue weighted by Crippen LogP contribution is -2.35. The van der Waals surface area contributed by atoms with E-state index in [0.717, 1.165) is 37.2 Å². The zero-order chi connectivity index (χ0) is 16.9. The Labute approximate surface area is 147 Å². The number of aliphatic hydroxyl groups is 1. The monoisotopic (exact) mass is 344 g/mol. The van der Waals surface area contributed by atoms with Crippen LogP contribution in [0.25, 0.3) is 0 Å². The molecule has 0 aliphatic carbocycles. The highest BCUT2D eigenvalue weighted by Gasteiger charge is 2.19. The van der Waals surface area contributed by atoms with E-state index in [0.29, 0.717) is 13.1 Å². The van der Waals surface area contributed by atoms with E-state index in [1.165, 1.54) is 4.88 Å². The number of hydrogen-bond donors (Lipinski definition) is 1. The first-order chi connectivity index (χ1) is 11.7. The number of anilines is 1.